The lowest BCUT2D eigenvalue weighted by Crippen LogP contribution is -2.58. The summed E-state index contributed by atoms with van der Waals surface area (Å²) in [5.74, 6) is 0.190. The first-order chi connectivity index (χ1) is 13.1. The van der Waals surface area contributed by atoms with Crippen LogP contribution in [0.3, 0.4) is 0 Å². The van der Waals surface area contributed by atoms with Gasteiger partial charge in [-0.1, -0.05) is 23.7 Å². The summed E-state index contributed by atoms with van der Waals surface area (Å²) in [6.07, 6.45) is 8.53. The van der Waals surface area contributed by atoms with Crippen molar-refractivity contribution in [3.63, 3.8) is 0 Å². The van der Waals surface area contributed by atoms with Crippen LogP contribution >= 0.6 is 11.6 Å². The van der Waals surface area contributed by atoms with E-state index in [1.807, 2.05) is 36.2 Å². The maximum Gasteiger partial charge on any atom is 0.227 e. The maximum absolute atomic E-state index is 13.0. The first kappa shape index (κ1) is 19.2. The van der Waals surface area contributed by atoms with Crippen molar-refractivity contribution in [3.8, 4) is 0 Å². The van der Waals surface area contributed by atoms with Gasteiger partial charge in [0.05, 0.1) is 12.0 Å². The first-order valence-corrected chi connectivity index (χ1v) is 10.8. The summed E-state index contributed by atoms with van der Waals surface area (Å²) in [5, 5.41) is 0.691. The molecule has 0 aromatic heterocycles. The molecule has 3 fully saturated rings. The van der Waals surface area contributed by atoms with Crippen LogP contribution in [-0.2, 0) is 16.0 Å². The number of likely N-dealkylation sites (tertiary alicyclic amines) is 1. The highest BCUT2D eigenvalue weighted by Crippen LogP contribution is 2.43. The largest absolute Gasteiger partial charge is 0.375 e. The fraction of sp³-hybridized carbons (Fsp3) is 0.682. The van der Waals surface area contributed by atoms with Gasteiger partial charge < -0.3 is 9.64 Å². The molecule has 27 heavy (non-hydrogen) atoms. The van der Waals surface area contributed by atoms with Crippen LogP contribution in [0.15, 0.2) is 24.3 Å². The van der Waals surface area contributed by atoms with E-state index in [9.17, 15) is 4.79 Å². The summed E-state index contributed by atoms with van der Waals surface area (Å²) >= 11 is 6.09. The highest BCUT2D eigenvalue weighted by molar-refractivity contribution is 6.30. The molecule has 2 aliphatic heterocycles. The summed E-state index contributed by atoms with van der Waals surface area (Å²) < 4.78 is 6.22. The molecule has 0 N–H and O–H groups in total. The van der Waals surface area contributed by atoms with E-state index in [4.69, 9.17) is 16.3 Å². The van der Waals surface area contributed by atoms with Crippen LogP contribution in [0, 0.1) is 0 Å². The summed E-state index contributed by atoms with van der Waals surface area (Å²) in [5.41, 5.74) is 1.06. The maximum atomic E-state index is 13.0. The van der Waals surface area contributed by atoms with Crippen molar-refractivity contribution in [1.29, 1.82) is 0 Å². The number of halogens is 1. The van der Waals surface area contributed by atoms with Crippen LogP contribution < -0.4 is 0 Å². The first-order valence-electron chi connectivity index (χ1n) is 10.4. The van der Waals surface area contributed by atoms with Gasteiger partial charge in [-0.25, -0.2) is 0 Å². The molecule has 1 aromatic rings. The van der Waals surface area contributed by atoms with Crippen LogP contribution in [0.5, 0.6) is 0 Å². The van der Waals surface area contributed by atoms with Crippen molar-refractivity contribution in [2.45, 2.75) is 69.1 Å². The Labute approximate surface area is 167 Å². The van der Waals surface area contributed by atoms with Gasteiger partial charge in [0.25, 0.3) is 0 Å². The van der Waals surface area contributed by atoms with Gasteiger partial charge in [-0.05, 0) is 75.7 Å². The minimum absolute atomic E-state index is 0.0700. The van der Waals surface area contributed by atoms with Gasteiger partial charge in [0.1, 0.15) is 0 Å². The third-order valence-corrected chi connectivity index (χ3v) is 7.09. The van der Waals surface area contributed by atoms with Crippen LogP contribution in [0.2, 0.25) is 5.02 Å². The number of likely N-dealkylation sites (N-methyl/N-ethyl adjacent to an activating group) is 1. The van der Waals surface area contributed by atoms with E-state index in [0.717, 1.165) is 44.5 Å². The SMILES string of the molecule is CN(C(=O)Cc1cccc(Cl)c1)[C@H]1CC[C@]2(CCCO2)C[C@@H]1N1CCCC1. The lowest BCUT2D eigenvalue weighted by atomic mass is 9.76. The molecule has 4 rings (SSSR count). The Morgan fingerprint density at radius 1 is 1.30 bits per heavy atom. The molecule has 3 atom stereocenters. The van der Waals surface area contributed by atoms with E-state index >= 15 is 0 Å². The van der Waals surface area contributed by atoms with E-state index in [0.29, 0.717) is 17.5 Å². The van der Waals surface area contributed by atoms with Crippen LogP contribution in [0.4, 0.5) is 0 Å². The molecule has 1 amide bonds. The van der Waals surface area contributed by atoms with E-state index in [-0.39, 0.29) is 17.6 Å². The van der Waals surface area contributed by atoms with Gasteiger partial charge in [-0.3, -0.25) is 9.69 Å². The summed E-state index contributed by atoms with van der Waals surface area (Å²) in [7, 11) is 1.99. The molecular weight excluding hydrogens is 360 g/mol. The zero-order valence-electron chi connectivity index (χ0n) is 16.3. The van der Waals surface area contributed by atoms with Gasteiger partial charge in [0.2, 0.25) is 5.91 Å². The number of hydrogen-bond donors (Lipinski definition) is 0. The normalized spacial score (nSPS) is 31.5. The lowest BCUT2D eigenvalue weighted by molar-refractivity contribution is -0.136. The highest BCUT2D eigenvalue weighted by Gasteiger charge is 2.47. The van der Waals surface area contributed by atoms with Crippen molar-refractivity contribution < 1.29 is 9.53 Å². The molecule has 1 saturated carbocycles. The van der Waals surface area contributed by atoms with Gasteiger partial charge in [0, 0.05) is 30.8 Å². The number of ether oxygens (including phenoxy) is 1. The zero-order chi connectivity index (χ0) is 18.9. The standard InChI is InChI=1S/C22H31ClN2O2/c1-24(21(26)15-17-6-4-7-18(23)14-17)19-8-10-22(9-5-13-27-22)16-20(19)25-11-2-3-12-25/h4,6-7,14,19-20H,2-3,5,8-13,15-16H2,1H3/t19-,20-,22+/m0/s1. The van der Waals surface area contributed by atoms with E-state index < -0.39 is 0 Å². The predicted molar refractivity (Wildman–Crippen MR) is 108 cm³/mol. The minimum Gasteiger partial charge on any atom is -0.375 e. The quantitative estimate of drug-likeness (QED) is 0.781. The molecule has 1 aliphatic carbocycles. The predicted octanol–water partition coefficient (Wildman–Crippen LogP) is 3.91. The number of carbonyl (C=O) groups is 1. The summed E-state index contributed by atoms with van der Waals surface area (Å²) in [6, 6.07) is 8.35. The molecule has 0 unspecified atom stereocenters. The topological polar surface area (TPSA) is 32.8 Å². The zero-order valence-corrected chi connectivity index (χ0v) is 17.1. The van der Waals surface area contributed by atoms with Crippen LogP contribution in [0.25, 0.3) is 0 Å². The molecule has 3 aliphatic rings. The molecule has 0 bridgehead atoms. The number of carbonyl (C=O) groups excluding carboxylic acids is 1. The van der Waals surface area contributed by atoms with Gasteiger partial charge in [0.15, 0.2) is 0 Å². The van der Waals surface area contributed by atoms with Crippen LogP contribution in [0.1, 0.15) is 50.5 Å². The number of benzene rings is 1. The Bertz CT molecular complexity index is 668. The molecule has 5 heteroatoms. The van der Waals surface area contributed by atoms with Crippen molar-refractivity contribution in [1.82, 2.24) is 9.80 Å². The summed E-state index contributed by atoms with van der Waals surface area (Å²) in [4.78, 5) is 17.7. The minimum atomic E-state index is 0.0700. The van der Waals surface area contributed by atoms with E-state index in [2.05, 4.69) is 4.90 Å². The van der Waals surface area contributed by atoms with E-state index in [1.54, 1.807) is 0 Å². The third kappa shape index (κ3) is 4.18. The Kier molecular flexibility index (Phi) is 5.77. The number of rotatable bonds is 4. The average Bonchev–Trinajstić information content (AvgIpc) is 3.34. The number of amides is 1. The fourth-order valence-electron chi connectivity index (χ4n) is 5.36. The molecule has 1 spiro atoms. The third-order valence-electron chi connectivity index (χ3n) is 6.85. The average molecular weight is 391 g/mol. The Morgan fingerprint density at radius 3 is 2.81 bits per heavy atom. The summed E-state index contributed by atoms with van der Waals surface area (Å²) in [6.45, 7) is 3.22. The van der Waals surface area contributed by atoms with E-state index in [1.165, 1.54) is 25.7 Å². The van der Waals surface area contributed by atoms with Gasteiger partial charge in [-0.15, -0.1) is 0 Å². The molecule has 0 radical (unpaired) electrons. The molecule has 1 aromatic carbocycles. The second kappa shape index (κ2) is 8.10. The molecular formula is C22H31ClN2O2. The van der Waals surface area contributed by atoms with Crippen molar-refractivity contribution >= 4 is 17.5 Å². The molecule has 2 heterocycles. The van der Waals surface area contributed by atoms with Crippen molar-refractivity contribution in [2.24, 2.45) is 0 Å². The van der Waals surface area contributed by atoms with Crippen molar-refractivity contribution in [3.05, 3.63) is 34.9 Å². The Balaban J connectivity index is 1.48. The smallest absolute Gasteiger partial charge is 0.227 e. The highest BCUT2D eigenvalue weighted by atomic mass is 35.5. The second-order valence-corrected chi connectivity index (χ2v) is 9.00. The van der Waals surface area contributed by atoms with Crippen molar-refractivity contribution in [2.75, 3.05) is 26.7 Å². The molecule has 2 saturated heterocycles. The van der Waals surface area contributed by atoms with Gasteiger partial charge >= 0.3 is 0 Å². The monoisotopic (exact) mass is 390 g/mol. The Morgan fingerprint density at radius 2 is 2.11 bits per heavy atom. The fourth-order valence-corrected chi connectivity index (χ4v) is 5.58. The number of hydrogen-bond acceptors (Lipinski definition) is 3. The second-order valence-electron chi connectivity index (χ2n) is 8.57. The molecule has 148 valence electrons. The Hall–Kier alpha value is -1.10. The van der Waals surface area contributed by atoms with Gasteiger partial charge in [-0.2, -0.15) is 0 Å². The molecule has 4 nitrogen and oxygen atoms in total. The van der Waals surface area contributed by atoms with Crippen LogP contribution in [-0.4, -0.2) is 60.1 Å². The lowest BCUT2D eigenvalue weighted by Gasteiger charge is -2.48. The number of nitrogens with zero attached hydrogens (tertiary/aromatic N) is 2.